The first-order valence-corrected chi connectivity index (χ1v) is 8.42. The van der Waals surface area contributed by atoms with Crippen LogP contribution in [0.3, 0.4) is 0 Å². The summed E-state index contributed by atoms with van der Waals surface area (Å²) in [5.74, 6) is -0.0921. The van der Waals surface area contributed by atoms with Gasteiger partial charge < -0.3 is 10.2 Å². The van der Waals surface area contributed by atoms with Crippen LogP contribution in [0.25, 0.3) is 0 Å². The Bertz CT molecular complexity index is 655. The first kappa shape index (κ1) is 18.1. The summed E-state index contributed by atoms with van der Waals surface area (Å²) >= 11 is 0. The monoisotopic (exact) mass is 328 g/mol. The molecule has 0 aliphatic carbocycles. The third-order valence-electron chi connectivity index (χ3n) is 3.95. The largest absolute Gasteiger partial charge is 0.316 e. The summed E-state index contributed by atoms with van der Waals surface area (Å²) in [6.45, 7) is 6.09. The number of carbonyl (C=O) groups is 1. The van der Waals surface area contributed by atoms with Gasteiger partial charge in [-0.3, -0.25) is 4.79 Å². The lowest BCUT2D eigenvalue weighted by molar-refractivity contribution is -0.118. The van der Waals surface area contributed by atoms with Crippen LogP contribution in [0.5, 0.6) is 0 Å². The summed E-state index contributed by atoms with van der Waals surface area (Å²) < 4.78 is 12.8. The molecule has 0 saturated carbocycles. The number of hydrogen-bond acceptors (Lipinski definition) is 2. The average Bonchev–Trinajstić information content (AvgIpc) is 2.57. The SMILES string of the molecule is CCN(C(=O)CCNCCc1ccc(F)cc1)c1cccc(C)c1. The van der Waals surface area contributed by atoms with Gasteiger partial charge in [0.1, 0.15) is 5.82 Å². The molecule has 0 bridgehead atoms. The molecular weight excluding hydrogens is 303 g/mol. The minimum Gasteiger partial charge on any atom is -0.316 e. The van der Waals surface area contributed by atoms with E-state index in [0.29, 0.717) is 19.5 Å². The number of aryl methyl sites for hydroxylation is 1. The molecule has 2 aromatic rings. The molecular formula is C20H25FN2O. The molecule has 2 aromatic carbocycles. The molecule has 0 atom stereocenters. The maximum atomic E-state index is 12.8. The molecule has 0 aliphatic heterocycles. The van der Waals surface area contributed by atoms with Crippen molar-refractivity contribution in [2.24, 2.45) is 0 Å². The lowest BCUT2D eigenvalue weighted by Crippen LogP contribution is -2.33. The predicted molar refractivity (Wildman–Crippen MR) is 96.8 cm³/mol. The Balaban J connectivity index is 1.74. The van der Waals surface area contributed by atoms with Crippen molar-refractivity contribution in [1.82, 2.24) is 5.32 Å². The van der Waals surface area contributed by atoms with Gasteiger partial charge >= 0.3 is 0 Å². The van der Waals surface area contributed by atoms with Gasteiger partial charge in [0.25, 0.3) is 0 Å². The molecule has 1 N–H and O–H groups in total. The molecule has 0 saturated heterocycles. The average molecular weight is 328 g/mol. The van der Waals surface area contributed by atoms with Crippen molar-refractivity contribution in [2.45, 2.75) is 26.7 Å². The highest BCUT2D eigenvalue weighted by atomic mass is 19.1. The third kappa shape index (κ3) is 5.46. The molecule has 0 fully saturated rings. The van der Waals surface area contributed by atoms with Gasteiger partial charge in [0.05, 0.1) is 0 Å². The smallest absolute Gasteiger partial charge is 0.228 e. The van der Waals surface area contributed by atoms with Gasteiger partial charge in [0.15, 0.2) is 0 Å². The predicted octanol–water partition coefficient (Wildman–Crippen LogP) is 3.71. The van der Waals surface area contributed by atoms with Crippen molar-refractivity contribution in [1.29, 1.82) is 0 Å². The molecule has 4 heteroatoms. The van der Waals surface area contributed by atoms with Crippen LogP contribution in [0.2, 0.25) is 0 Å². The van der Waals surface area contributed by atoms with E-state index in [4.69, 9.17) is 0 Å². The summed E-state index contributed by atoms with van der Waals surface area (Å²) in [6.07, 6.45) is 1.29. The van der Waals surface area contributed by atoms with Crippen molar-refractivity contribution in [3.8, 4) is 0 Å². The number of halogens is 1. The standard InChI is InChI=1S/C20H25FN2O/c1-3-23(19-6-4-5-16(2)15-19)20(24)12-14-22-13-11-17-7-9-18(21)10-8-17/h4-10,15,22H,3,11-14H2,1-2H3. The lowest BCUT2D eigenvalue weighted by Gasteiger charge is -2.21. The Morgan fingerprint density at radius 1 is 1.12 bits per heavy atom. The highest BCUT2D eigenvalue weighted by molar-refractivity contribution is 5.93. The molecule has 0 heterocycles. The molecule has 0 aliphatic rings. The number of anilines is 1. The van der Waals surface area contributed by atoms with E-state index in [-0.39, 0.29) is 11.7 Å². The van der Waals surface area contributed by atoms with Crippen molar-refractivity contribution in [3.05, 3.63) is 65.5 Å². The fourth-order valence-electron chi connectivity index (χ4n) is 2.64. The number of benzene rings is 2. The van der Waals surface area contributed by atoms with Gasteiger partial charge in [0.2, 0.25) is 5.91 Å². The minimum absolute atomic E-state index is 0.123. The molecule has 1 amide bonds. The van der Waals surface area contributed by atoms with Crippen LogP contribution in [-0.4, -0.2) is 25.5 Å². The summed E-state index contributed by atoms with van der Waals surface area (Å²) in [7, 11) is 0. The number of hydrogen-bond donors (Lipinski definition) is 1. The van der Waals surface area contributed by atoms with E-state index in [0.717, 1.165) is 29.8 Å². The van der Waals surface area contributed by atoms with E-state index < -0.39 is 0 Å². The zero-order valence-electron chi connectivity index (χ0n) is 14.4. The van der Waals surface area contributed by atoms with Crippen LogP contribution in [0.1, 0.15) is 24.5 Å². The molecule has 0 radical (unpaired) electrons. The Kier molecular flexibility index (Phi) is 6.94. The number of nitrogens with one attached hydrogen (secondary N) is 1. The molecule has 0 unspecified atom stereocenters. The Hall–Kier alpha value is -2.20. The van der Waals surface area contributed by atoms with Gasteiger partial charge in [-0.2, -0.15) is 0 Å². The zero-order chi connectivity index (χ0) is 17.4. The van der Waals surface area contributed by atoms with Crippen LogP contribution < -0.4 is 10.2 Å². The number of carbonyl (C=O) groups excluding carboxylic acids is 1. The lowest BCUT2D eigenvalue weighted by atomic mass is 10.1. The maximum absolute atomic E-state index is 12.8. The molecule has 0 aromatic heterocycles. The van der Waals surface area contributed by atoms with Gasteiger partial charge in [-0.05, 0) is 62.2 Å². The van der Waals surface area contributed by atoms with Crippen LogP contribution in [0.4, 0.5) is 10.1 Å². The number of rotatable bonds is 8. The Morgan fingerprint density at radius 2 is 1.88 bits per heavy atom. The van der Waals surface area contributed by atoms with E-state index in [1.807, 2.05) is 43.0 Å². The highest BCUT2D eigenvalue weighted by Gasteiger charge is 2.13. The highest BCUT2D eigenvalue weighted by Crippen LogP contribution is 2.16. The maximum Gasteiger partial charge on any atom is 0.228 e. The second-order valence-electron chi connectivity index (χ2n) is 5.85. The fraction of sp³-hybridized carbons (Fsp3) is 0.350. The van der Waals surface area contributed by atoms with Crippen LogP contribution in [0, 0.1) is 12.7 Å². The molecule has 0 spiro atoms. The summed E-state index contributed by atoms with van der Waals surface area (Å²) in [5, 5.41) is 3.28. The van der Waals surface area contributed by atoms with Crippen LogP contribution in [-0.2, 0) is 11.2 Å². The minimum atomic E-state index is -0.215. The van der Waals surface area contributed by atoms with Gasteiger partial charge in [0, 0.05) is 25.2 Å². The second kappa shape index (κ2) is 9.18. The quantitative estimate of drug-likeness (QED) is 0.749. The van der Waals surface area contributed by atoms with Crippen LogP contribution in [0.15, 0.2) is 48.5 Å². The number of amides is 1. The van der Waals surface area contributed by atoms with E-state index in [9.17, 15) is 9.18 Å². The van der Waals surface area contributed by atoms with E-state index in [2.05, 4.69) is 5.32 Å². The summed E-state index contributed by atoms with van der Waals surface area (Å²) in [4.78, 5) is 14.2. The molecule has 128 valence electrons. The van der Waals surface area contributed by atoms with E-state index >= 15 is 0 Å². The van der Waals surface area contributed by atoms with Gasteiger partial charge in [-0.15, -0.1) is 0 Å². The zero-order valence-corrected chi connectivity index (χ0v) is 14.4. The molecule has 3 nitrogen and oxygen atoms in total. The topological polar surface area (TPSA) is 32.3 Å². The van der Waals surface area contributed by atoms with Crippen LogP contribution >= 0.6 is 0 Å². The Morgan fingerprint density at radius 3 is 2.54 bits per heavy atom. The third-order valence-corrected chi connectivity index (χ3v) is 3.95. The van der Waals surface area contributed by atoms with E-state index in [1.165, 1.54) is 12.1 Å². The summed E-state index contributed by atoms with van der Waals surface area (Å²) in [5.41, 5.74) is 3.19. The fourth-order valence-corrected chi connectivity index (χ4v) is 2.64. The first-order chi connectivity index (χ1) is 11.6. The first-order valence-electron chi connectivity index (χ1n) is 8.42. The van der Waals surface area contributed by atoms with Crippen molar-refractivity contribution in [2.75, 3.05) is 24.5 Å². The second-order valence-corrected chi connectivity index (χ2v) is 5.85. The molecule has 24 heavy (non-hydrogen) atoms. The Labute approximate surface area is 143 Å². The molecule has 2 rings (SSSR count). The normalized spacial score (nSPS) is 10.6. The summed E-state index contributed by atoms with van der Waals surface area (Å²) in [6, 6.07) is 14.5. The number of nitrogens with zero attached hydrogens (tertiary/aromatic N) is 1. The van der Waals surface area contributed by atoms with Gasteiger partial charge in [-0.1, -0.05) is 24.3 Å². The van der Waals surface area contributed by atoms with Crippen molar-refractivity contribution in [3.63, 3.8) is 0 Å². The van der Waals surface area contributed by atoms with E-state index in [1.54, 1.807) is 12.1 Å². The van der Waals surface area contributed by atoms with Gasteiger partial charge in [-0.25, -0.2) is 4.39 Å². The van der Waals surface area contributed by atoms with Crippen molar-refractivity contribution >= 4 is 11.6 Å². The van der Waals surface area contributed by atoms with Crippen molar-refractivity contribution < 1.29 is 9.18 Å².